The van der Waals surface area contributed by atoms with E-state index in [1.165, 1.54) is 12.1 Å². The number of carbonyl (C=O) groups is 2. The average Bonchev–Trinajstić information content (AvgIpc) is 2.68. The molecule has 164 valence electrons. The Morgan fingerprint density at radius 1 is 1.17 bits per heavy atom. The van der Waals surface area contributed by atoms with E-state index in [1.807, 2.05) is 0 Å². The van der Waals surface area contributed by atoms with E-state index in [1.54, 1.807) is 0 Å². The molecule has 9 heteroatoms. The van der Waals surface area contributed by atoms with Gasteiger partial charge in [-0.15, -0.1) is 0 Å². The van der Waals surface area contributed by atoms with Gasteiger partial charge in [0.2, 0.25) is 5.91 Å². The van der Waals surface area contributed by atoms with Gasteiger partial charge in [-0.25, -0.2) is 4.39 Å². The van der Waals surface area contributed by atoms with Crippen LogP contribution >= 0.6 is 11.6 Å². The summed E-state index contributed by atoms with van der Waals surface area (Å²) in [4.78, 5) is 24.9. The number of carbonyl (C=O) groups excluding carboxylic acids is 2. The zero-order valence-corrected chi connectivity index (χ0v) is 17.3. The summed E-state index contributed by atoms with van der Waals surface area (Å²) in [5.74, 6) is 0.140. The van der Waals surface area contributed by atoms with E-state index in [9.17, 15) is 19.1 Å². The van der Waals surface area contributed by atoms with Gasteiger partial charge in [0.25, 0.3) is 5.91 Å². The topological polar surface area (TPSA) is 99.7 Å². The molecule has 30 heavy (non-hydrogen) atoms. The zero-order valence-electron chi connectivity index (χ0n) is 16.6. The fourth-order valence-corrected chi connectivity index (χ4v) is 4.84. The molecule has 4 atom stereocenters. The normalized spacial score (nSPS) is 32.6. The molecule has 1 aliphatic heterocycles. The number of amides is 2. The largest absolute Gasteiger partial charge is 0.484 e. The van der Waals surface area contributed by atoms with Gasteiger partial charge in [0, 0.05) is 18.2 Å². The number of ether oxygens (including phenoxy) is 1. The molecule has 3 aliphatic carbocycles. The third kappa shape index (κ3) is 4.87. The first-order valence-corrected chi connectivity index (χ1v) is 10.9. The lowest BCUT2D eigenvalue weighted by atomic mass is 9.60. The Hall–Kier alpha value is -1.90. The van der Waals surface area contributed by atoms with Gasteiger partial charge in [0.15, 0.2) is 6.61 Å². The molecule has 0 spiro atoms. The summed E-state index contributed by atoms with van der Waals surface area (Å²) in [6, 6.07) is 3.66. The second-order valence-electron chi connectivity index (χ2n) is 8.57. The fraction of sp³-hybridized carbons (Fsp3) is 0.619. The summed E-state index contributed by atoms with van der Waals surface area (Å²) in [6.45, 7) is 0.417. The highest BCUT2D eigenvalue weighted by Gasteiger charge is 2.47. The van der Waals surface area contributed by atoms with Crippen molar-refractivity contribution in [1.29, 1.82) is 0 Å². The number of aliphatic hydroxyl groups is 1. The van der Waals surface area contributed by atoms with Crippen LogP contribution in [0.25, 0.3) is 0 Å². The number of hydrogen-bond acceptors (Lipinski definition) is 5. The maximum absolute atomic E-state index is 13.5. The molecule has 3 saturated carbocycles. The Labute approximate surface area is 179 Å². The highest BCUT2D eigenvalue weighted by Crippen LogP contribution is 2.45. The number of halogens is 2. The number of piperidine rings is 1. The number of benzene rings is 1. The second kappa shape index (κ2) is 9.08. The van der Waals surface area contributed by atoms with Gasteiger partial charge < -0.3 is 25.8 Å². The molecule has 5 rings (SSSR count). The summed E-state index contributed by atoms with van der Waals surface area (Å²) >= 11 is 5.64. The van der Waals surface area contributed by atoms with Crippen LogP contribution in [0.1, 0.15) is 32.1 Å². The van der Waals surface area contributed by atoms with Crippen LogP contribution in [0.15, 0.2) is 18.2 Å². The summed E-state index contributed by atoms with van der Waals surface area (Å²) in [6.07, 6.45) is 3.27. The number of nitrogens with one attached hydrogen (secondary N) is 3. The molecule has 2 unspecified atom stereocenters. The zero-order chi connectivity index (χ0) is 21.3. The number of aliphatic hydroxyl groups excluding tert-OH is 1. The molecule has 4 aliphatic rings. The van der Waals surface area contributed by atoms with Gasteiger partial charge in [-0.1, -0.05) is 11.6 Å². The standard InChI is InChI=1S/C21H27ClFN3O4/c22-15-2-1-14(8-16(15)23)30-10-20(28)25-17-9-18(12-5-11(17)6-12)26-21(29)19-7-13(27)3-4-24-19/h1-2,8,11-13,17-19,24,27H,3-7,9-10H2,(H,25,28)(H,26,29)/t11?,12?,13?,17-,18+,19?/m0/s1. The summed E-state index contributed by atoms with van der Waals surface area (Å²) in [5, 5.41) is 19.1. The molecular formula is C21H27ClFN3O4. The van der Waals surface area contributed by atoms with Gasteiger partial charge in [0.05, 0.1) is 17.2 Å². The maximum Gasteiger partial charge on any atom is 0.258 e. The van der Waals surface area contributed by atoms with Crippen molar-refractivity contribution in [2.75, 3.05) is 13.2 Å². The maximum atomic E-state index is 13.5. The quantitative estimate of drug-likeness (QED) is 0.536. The smallest absolute Gasteiger partial charge is 0.258 e. The van der Waals surface area contributed by atoms with Crippen LogP contribution < -0.4 is 20.7 Å². The molecule has 1 aromatic carbocycles. The molecule has 1 aromatic rings. The van der Waals surface area contributed by atoms with E-state index < -0.39 is 11.9 Å². The molecule has 2 bridgehead atoms. The van der Waals surface area contributed by atoms with Crippen LogP contribution in [0.3, 0.4) is 0 Å². The molecule has 4 fully saturated rings. The number of rotatable bonds is 6. The lowest BCUT2D eigenvalue weighted by Crippen LogP contribution is -2.62. The highest BCUT2D eigenvalue weighted by atomic mass is 35.5. The van der Waals surface area contributed by atoms with Gasteiger partial charge in [-0.3, -0.25) is 9.59 Å². The third-order valence-corrected chi connectivity index (χ3v) is 6.79. The summed E-state index contributed by atoms with van der Waals surface area (Å²) in [5.41, 5.74) is 0. The van der Waals surface area contributed by atoms with E-state index in [0.717, 1.165) is 18.9 Å². The molecule has 2 amide bonds. The first-order chi connectivity index (χ1) is 14.4. The van der Waals surface area contributed by atoms with Crippen molar-refractivity contribution in [2.24, 2.45) is 11.8 Å². The van der Waals surface area contributed by atoms with Gasteiger partial charge in [0.1, 0.15) is 11.6 Å². The van der Waals surface area contributed by atoms with Crippen molar-refractivity contribution in [2.45, 2.75) is 56.3 Å². The van der Waals surface area contributed by atoms with Crippen molar-refractivity contribution in [1.82, 2.24) is 16.0 Å². The molecule has 1 saturated heterocycles. The van der Waals surface area contributed by atoms with Crippen LogP contribution in [0.5, 0.6) is 5.75 Å². The monoisotopic (exact) mass is 439 g/mol. The first kappa shape index (κ1) is 21.3. The van der Waals surface area contributed by atoms with Crippen LogP contribution in [0.2, 0.25) is 5.02 Å². The Morgan fingerprint density at radius 2 is 1.90 bits per heavy atom. The van der Waals surface area contributed by atoms with E-state index in [-0.39, 0.29) is 47.3 Å². The van der Waals surface area contributed by atoms with E-state index >= 15 is 0 Å². The summed E-state index contributed by atoms with van der Waals surface area (Å²) in [7, 11) is 0. The van der Waals surface area contributed by atoms with Gasteiger partial charge in [-0.05, 0) is 62.6 Å². The van der Waals surface area contributed by atoms with Crippen LogP contribution in [-0.4, -0.2) is 54.3 Å². The van der Waals surface area contributed by atoms with Crippen LogP contribution in [0.4, 0.5) is 4.39 Å². The molecule has 7 nitrogen and oxygen atoms in total. The third-order valence-electron chi connectivity index (χ3n) is 6.48. The van der Waals surface area contributed by atoms with E-state index in [0.29, 0.717) is 37.6 Å². The SMILES string of the molecule is O=C(COc1ccc(Cl)c(F)c1)N[C@H]1C[C@@H](NC(=O)C2CC(O)CCN2)C2CC1C2. The fourth-order valence-electron chi connectivity index (χ4n) is 4.72. The van der Waals surface area contributed by atoms with Crippen molar-refractivity contribution < 1.29 is 23.8 Å². The number of fused-ring (bicyclic) bond motifs is 2. The molecule has 0 aromatic heterocycles. The van der Waals surface area contributed by atoms with Crippen molar-refractivity contribution in [3.05, 3.63) is 29.0 Å². The Kier molecular flexibility index (Phi) is 6.46. The predicted octanol–water partition coefficient (Wildman–Crippen LogP) is 1.37. The van der Waals surface area contributed by atoms with Crippen molar-refractivity contribution in [3.63, 3.8) is 0 Å². The molecular weight excluding hydrogens is 413 g/mol. The second-order valence-corrected chi connectivity index (χ2v) is 8.97. The lowest BCUT2D eigenvalue weighted by molar-refractivity contribution is -0.128. The van der Waals surface area contributed by atoms with Crippen molar-refractivity contribution in [3.8, 4) is 5.75 Å². The van der Waals surface area contributed by atoms with Crippen LogP contribution in [-0.2, 0) is 9.59 Å². The predicted molar refractivity (Wildman–Crippen MR) is 109 cm³/mol. The van der Waals surface area contributed by atoms with E-state index in [2.05, 4.69) is 16.0 Å². The minimum Gasteiger partial charge on any atom is -0.484 e. The highest BCUT2D eigenvalue weighted by molar-refractivity contribution is 6.30. The minimum atomic E-state index is -0.596. The van der Waals surface area contributed by atoms with Gasteiger partial charge >= 0.3 is 0 Å². The summed E-state index contributed by atoms with van der Waals surface area (Å²) < 4.78 is 18.8. The Bertz CT molecular complexity index is 804. The van der Waals surface area contributed by atoms with Crippen molar-refractivity contribution >= 4 is 23.4 Å². The molecule has 1 heterocycles. The van der Waals surface area contributed by atoms with Crippen LogP contribution in [0, 0.1) is 17.7 Å². The number of hydrogen-bond donors (Lipinski definition) is 4. The van der Waals surface area contributed by atoms with E-state index in [4.69, 9.17) is 16.3 Å². The lowest BCUT2D eigenvalue weighted by Gasteiger charge is -2.51. The Balaban J connectivity index is 1.26. The van der Waals surface area contributed by atoms with Gasteiger partial charge in [-0.2, -0.15) is 0 Å². The Morgan fingerprint density at radius 3 is 2.60 bits per heavy atom. The minimum absolute atomic E-state index is 0.000398. The molecule has 4 N–H and O–H groups in total. The molecule has 0 radical (unpaired) electrons. The average molecular weight is 440 g/mol. The first-order valence-electron chi connectivity index (χ1n) is 10.5.